The maximum atomic E-state index is 13.4. The van der Waals surface area contributed by atoms with E-state index in [0.29, 0.717) is 19.5 Å². The second kappa shape index (κ2) is 9.92. The van der Waals surface area contributed by atoms with Gasteiger partial charge in [0.1, 0.15) is 6.04 Å². The molecule has 0 unspecified atom stereocenters. The van der Waals surface area contributed by atoms with Crippen molar-refractivity contribution < 1.29 is 14.7 Å². The summed E-state index contributed by atoms with van der Waals surface area (Å²) in [7, 11) is 0. The zero-order valence-electron chi connectivity index (χ0n) is 19.6. The minimum atomic E-state index is -0.852. The maximum absolute atomic E-state index is 13.4. The van der Waals surface area contributed by atoms with Gasteiger partial charge in [0.25, 0.3) is 0 Å². The first kappa shape index (κ1) is 24.7. The van der Waals surface area contributed by atoms with Crippen LogP contribution in [0.3, 0.4) is 0 Å². The maximum Gasteiger partial charge on any atom is 0.245 e. The van der Waals surface area contributed by atoms with Gasteiger partial charge in [-0.15, -0.1) is 0 Å². The molecular formula is C25H36ClN3O3. The molecule has 0 bridgehead atoms. The van der Waals surface area contributed by atoms with Gasteiger partial charge in [-0.05, 0) is 49.1 Å². The summed E-state index contributed by atoms with van der Waals surface area (Å²) in [6, 6.07) is 3.04. The van der Waals surface area contributed by atoms with Crippen LogP contribution in [0.4, 0.5) is 0 Å². The molecule has 32 heavy (non-hydrogen) atoms. The molecule has 6 nitrogen and oxygen atoms in total. The van der Waals surface area contributed by atoms with E-state index in [1.807, 2.05) is 44.7 Å². The number of carbonyl (C=O) groups excluding carboxylic acids is 2. The normalized spacial score (nSPS) is 26.4. The van der Waals surface area contributed by atoms with Crippen molar-refractivity contribution in [2.75, 3.05) is 13.1 Å². The Hall–Kier alpha value is -1.92. The van der Waals surface area contributed by atoms with E-state index in [0.717, 1.165) is 29.9 Å². The minimum absolute atomic E-state index is 0.0464. The second-order valence-corrected chi connectivity index (χ2v) is 10.8. The molecular weight excluding hydrogens is 426 g/mol. The first-order valence-electron chi connectivity index (χ1n) is 11.6. The largest absolute Gasteiger partial charge is 0.389 e. The lowest BCUT2D eigenvalue weighted by molar-refractivity contribution is -0.169. The Morgan fingerprint density at radius 1 is 1.38 bits per heavy atom. The van der Waals surface area contributed by atoms with E-state index in [1.165, 1.54) is 0 Å². The molecule has 2 amide bonds. The van der Waals surface area contributed by atoms with Crippen LogP contribution in [0, 0.1) is 17.3 Å². The van der Waals surface area contributed by atoms with Crippen molar-refractivity contribution in [3.8, 4) is 0 Å². The molecule has 0 aromatic carbocycles. The Labute approximate surface area is 196 Å². The highest BCUT2D eigenvalue weighted by Gasteiger charge is 2.53. The minimum Gasteiger partial charge on any atom is -0.389 e. The second-order valence-electron chi connectivity index (χ2n) is 10.3. The molecule has 176 valence electrons. The molecule has 2 N–H and O–H groups in total. The van der Waals surface area contributed by atoms with Gasteiger partial charge in [-0.2, -0.15) is 0 Å². The third kappa shape index (κ3) is 5.34. The van der Waals surface area contributed by atoms with Crippen LogP contribution in [0.15, 0.2) is 35.6 Å². The van der Waals surface area contributed by atoms with Gasteiger partial charge in [-0.3, -0.25) is 14.6 Å². The molecule has 0 radical (unpaired) electrons. The topological polar surface area (TPSA) is 82.5 Å². The number of aromatic nitrogens is 1. The summed E-state index contributed by atoms with van der Waals surface area (Å²) in [5, 5.41) is 15.5. The Morgan fingerprint density at radius 2 is 2.12 bits per heavy atom. The predicted molar refractivity (Wildman–Crippen MR) is 126 cm³/mol. The van der Waals surface area contributed by atoms with Crippen LogP contribution in [0.2, 0.25) is 0 Å². The standard InChI is InChI=1S/C25H36ClN3O3/c1-17(2)22(28-21(30)14-18-6-5-12-27-15-18)23(31)29-13-11-25(32,24(3,4)16-29)19-7-9-20(26)10-8-19/h5-6,9,12,15,17,19,22,32H,7-8,10-11,13-14,16H2,1-4H3,(H,28,30)/t19-,22+,25-/m0/s1. The number of nitrogens with one attached hydrogen (secondary N) is 1. The zero-order chi connectivity index (χ0) is 23.5. The van der Waals surface area contributed by atoms with Crippen molar-refractivity contribution in [2.24, 2.45) is 17.3 Å². The van der Waals surface area contributed by atoms with Crippen LogP contribution in [-0.2, 0) is 16.0 Å². The van der Waals surface area contributed by atoms with Gasteiger partial charge in [-0.25, -0.2) is 0 Å². The fraction of sp³-hybridized carbons (Fsp3) is 0.640. The molecule has 3 atom stereocenters. The van der Waals surface area contributed by atoms with Gasteiger partial charge < -0.3 is 15.3 Å². The average molecular weight is 462 g/mol. The lowest BCUT2D eigenvalue weighted by Gasteiger charge is -2.54. The number of nitrogens with zero attached hydrogens (tertiary/aromatic N) is 2. The number of piperidine rings is 1. The number of amides is 2. The van der Waals surface area contributed by atoms with Gasteiger partial charge in [-0.1, -0.05) is 51.4 Å². The quantitative estimate of drug-likeness (QED) is 0.677. The first-order chi connectivity index (χ1) is 15.0. The number of allylic oxidation sites excluding steroid dienone is 2. The van der Waals surface area contributed by atoms with Crippen LogP contribution in [0.5, 0.6) is 0 Å². The zero-order valence-corrected chi connectivity index (χ0v) is 20.4. The molecule has 1 saturated heterocycles. The lowest BCUT2D eigenvalue weighted by atomic mass is 9.61. The smallest absolute Gasteiger partial charge is 0.245 e. The highest BCUT2D eigenvalue weighted by molar-refractivity contribution is 6.29. The number of hydrogen-bond donors (Lipinski definition) is 2. The summed E-state index contributed by atoms with van der Waals surface area (Å²) in [6.07, 6.45) is 8.49. The predicted octanol–water partition coefficient (Wildman–Crippen LogP) is 3.68. The van der Waals surface area contributed by atoms with E-state index < -0.39 is 17.1 Å². The third-order valence-electron chi connectivity index (χ3n) is 7.20. The number of likely N-dealkylation sites (tertiary alicyclic amines) is 1. The number of aliphatic hydroxyl groups is 1. The van der Waals surface area contributed by atoms with Crippen LogP contribution < -0.4 is 5.32 Å². The van der Waals surface area contributed by atoms with E-state index >= 15 is 0 Å². The van der Waals surface area contributed by atoms with Crippen molar-refractivity contribution in [1.29, 1.82) is 0 Å². The van der Waals surface area contributed by atoms with Gasteiger partial charge in [0.05, 0.1) is 12.0 Å². The summed E-state index contributed by atoms with van der Waals surface area (Å²) in [5.74, 6) is -0.183. The van der Waals surface area contributed by atoms with Crippen LogP contribution >= 0.6 is 11.6 Å². The number of rotatable bonds is 6. The average Bonchev–Trinajstić information content (AvgIpc) is 2.74. The van der Waals surface area contributed by atoms with E-state index in [9.17, 15) is 14.7 Å². The van der Waals surface area contributed by atoms with E-state index in [-0.39, 0.29) is 30.1 Å². The number of carbonyl (C=O) groups is 2. The molecule has 1 aliphatic carbocycles. The fourth-order valence-corrected chi connectivity index (χ4v) is 5.34. The SMILES string of the molecule is CC(C)[C@@H](NC(=O)Cc1cccnc1)C(=O)N1CC[C@](O)([C@H]2CC=C(Cl)CC2)C(C)(C)C1. The van der Waals surface area contributed by atoms with Gasteiger partial charge >= 0.3 is 0 Å². The molecule has 1 fully saturated rings. The molecule has 1 aromatic heterocycles. The highest BCUT2D eigenvalue weighted by atomic mass is 35.5. The molecule has 0 saturated carbocycles. The summed E-state index contributed by atoms with van der Waals surface area (Å²) < 4.78 is 0. The van der Waals surface area contributed by atoms with Crippen molar-refractivity contribution in [3.05, 3.63) is 41.2 Å². The van der Waals surface area contributed by atoms with E-state index in [2.05, 4.69) is 10.3 Å². The number of pyridine rings is 1. The Kier molecular flexibility index (Phi) is 7.66. The summed E-state index contributed by atoms with van der Waals surface area (Å²) >= 11 is 6.15. The Balaban J connectivity index is 1.67. The Morgan fingerprint density at radius 3 is 2.69 bits per heavy atom. The third-order valence-corrected chi connectivity index (χ3v) is 7.54. The molecule has 2 heterocycles. The monoisotopic (exact) mass is 461 g/mol. The van der Waals surface area contributed by atoms with Crippen molar-refractivity contribution >= 4 is 23.4 Å². The van der Waals surface area contributed by atoms with Gasteiger partial charge in [0, 0.05) is 35.9 Å². The van der Waals surface area contributed by atoms with Gasteiger partial charge in [0.15, 0.2) is 0 Å². The molecule has 7 heteroatoms. The molecule has 1 aliphatic heterocycles. The summed E-state index contributed by atoms with van der Waals surface area (Å²) in [4.78, 5) is 31.9. The van der Waals surface area contributed by atoms with Crippen molar-refractivity contribution in [3.63, 3.8) is 0 Å². The molecule has 0 spiro atoms. The van der Waals surface area contributed by atoms with Crippen molar-refractivity contribution in [1.82, 2.24) is 15.2 Å². The number of halogens is 1. The fourth-order valence-electron chi connectivity index (χ4n) is 5.14. The molecule has 2 aliphatic rings. The Bertz CT molecular complexity index is 855. The number of hydrogen-bond acceptors (Lipinski definition) is 4. The van der Waals surface area contributed by atoms with Crippen LogP contribution in [0.25, 0.3) is 0 Å². The highest BCUT2D eigenvalue weighted by Crippen LogP contribution is 2.48. The summed E-state index contributed by atoms with van der Waals surface area (Å²) in [6.45, 7) is 8.90. The molecule has 1 aromatic rings. The van der Waals surface area contributed by atoms with Crippen LogP contribution in [-0.4, -0.2) is 51.5 Å². The first-order valence-corrected chi connectivity index (χ1v) is 12.0. The van der Waals surface area contributed by atoms with E-state index in [1.54, 1.807) is 18.5 Å². The van der Waals surface area contributed by atoms with E-state index in [4.69, 9.17) is 11.6 Å². The van der Waals surface area contributed by atoms with Crippen LogP contribution in [0.1, 0.15) is 58.9 Å². The molecule has 3 rings (SSSR count). The summed E-state index contributed by atoms with van der Waals surface area (Å²) in [5.41, 5.74) is -0.509. The van der Waals surface area contributed by atoms with Gasteiger partial charge in [0.2, 0.25) is 11.8 Å². The lowest BCUT2D eigenvalue weighted by Crippen LogP contribution is -2.64. The van der Waals surface area contributed by atoms with Crippen molar-refractivity contribution in [2.45, 2.75) is 71.4 Å².